The Balaban J connectivity index is 1.46. The molecule has 0 aliphatic carbocycles. The minimum Gasteiger partial charge on any atom is -0.379 e. The second-order valence-corrected chi connectivity index (χ2v) is 15.6. The van der Waals surface area contributed by atoms with Gasteiger partial charge < -0.3 is 54.8 Å². The third-order valence-corrected chi connectivity index (χ3v) is 11.0. The van der Waals surface area contributed by atoms with Gasteiger partial charge in [0, 0.05) is 31.0 Å². The topological polar surface area (TPSA) is 232 Å². The molecule has 0 aromatic heterocycles. The number of nitrogens with two attached hydrogens (primary N) is 1. The lowest BCUT2D eigenvalue weighted by Gasteiger charge is -2.24. The molecule has 0 saturated carbocycles. The largest absolute Gasteiger partial charge is 0.379 e. The lowest BCUT2D eigenvalue weighted by Crippen LogP contribution is -2.45. The van der Waals surface area contributed by atoms with Crippen molar-refractivity contribution in [1.82, 2.24) is 15.5 Å². The van der Waals surface area contributed by atoms with Crippen molar-refractivity contribution in [2.75, 3.05) is 111 Å². The minimum absolute atomic E-state index is 0.0521. The average molecular weight is 994 g/mol. The van der Waals surface area contributed by atoms with Crippen molar-refractivity contribution in [2.24, 2.45) is 17.6 Å². The van der Waals surface area contributed by atoms with Gasteiger partial charge in [-0.05, 0) is 74.7 Å². The van der Waals surface area contributed by atoms with Crippen LogP contribution in [0.2, 0.25) is 0 Å². The highest BCUT2D eigenvalue weighted by molar-refractivity contribution is 9.14. The van der Waals surface area contributed by atoms with Gasteiger partial charge in [0.25, 0.3) is 11.8 Å². The first kappa shape index (κ1) is 53.8. The van der Waals surface area contributed by atoms with Crippen molar-refractivity contribution in [3.8, 4) is 0 Å². The van der Waals surface area contributed by atoms with E-state index in [1.54, 1.807) is 0 Å². The Bertz CT molecular complexity index is 1510. The molecule has 2 atom stereocenters. The van der Waals surface area contributed by atoms with Crippen LogP contribution in [0.5, 0.6) is 0 Å². The molecule has 5 N–H and O–H groups in total. The summed E-state index contributed by atoms with van der Waals surface area (Å²) in [5, 5.41) is 8.22. The Morgan fingerprint density at radius 1 is 0.705 bits per heavy atom. The molecule has 0 spiro atoms. The number of Topliss-reactive ketones (excluding diaryl/α,β-unsaturated/α-hetero) is 1. The summed E-state index contributed by atoms with van der Waals surface area (Å²) >= 11 is 6.16. The van der Waals surface area contributed by atoms with Gasteiger partial charge in [0.2, 0.25) is 11.8 Å². The van der Waals surface area contributed by atoms with Crippen molar-refractivity contribution >= 4 is 73.0 Å². The number of amides is 6. The summed E-state index contributed by atoms with van der Waals surface area (Å²) in [4.78, 5) is 75.6. The van der Waals surface area contributed by atoms with Gasteiger partial charge in [-0.1, -0.05) is 32.9 Å². The molecular weight excluding hydrogens is 930 g/mol. The van der Waals surface area contributed by atoms with E-state index in [1.165, 1.54) is 0 Å². The normalized spacial score (nSPS) is 13.8. The number of hydrogen-bond acceptors (Lipinski definition) is 13. The van der Waals surface area contributed by atoms with E-state index >= 15 is 0 Å². The van der Waals surface area contributed by atoms with Gasteiger partial charge in [-0.15, -0.1) is 0 Å². The number of nitrogens with zero attached hydrogens (tertiary/aromatic N) is 1. The van der Waals surface area contributed by atoms with E-state index in [-0.39, 0.29) is 78.2 Å². The molecule has 1 heterocycles. The number of primary amides is 1. The first-order valence-electron chi connectivity index (χ1n) is 20.6. The minimum atomic E-state index is -0.784. The van der Waals surface area contributed by atoms with Crippen LogP contribution in [0.25, 0.3) is 0 Å². The van der Waals surface area contributed by atoms with Crippen LogP contribution in [-0.2, 0) is 63.6 Å². The zero-order valence-corrected chi connectivity index (χ0v) is 38.7. The number of carbonyl (C=O) groups is 6. The Labute approximate surface area is 375 Å². The molecule has 61 heavy (non-hydrogen) atoms. The Morgan fingerprint density at radius 3 is 1.61 bits per heavy atom. The van der Waals surface area contributed by atoms with Crippen LogP contribution in [0.4, 0.5) is 10.5 Å². The molecule has 18 nitrogen and oxygen atoms in total. The molecule has 1 aliphatic heterocycles. The maximum atomic E-state index is 13.5. The molecule has 20 heteroatoms. The van der Waals surface area contributed by atoms with Crippen LogP contribution in [-0.4, -0.2) is 152 Å². The number of hydrogen-bond donors (Lipinski definition) is 4. The van der Waals surface area contributed by atoms with Crippen molar-refractivity contribution in [3.63, 3.8) is 0 Å². The maximum Gasteiger partial charge on any atom is 0.312 e. The van der Waals surface area contributed by atoms with Crippen LogP contribution >= 0.6 is 31.9 Å². The van der Waals surface area contributed by atoms with Crippen LogP contribution in [0.1, 0.15) is 52.0 Å². The number of urea groups is 1. The van der Waals surface area contributed by atoms with Crippen LogP contribution in [0.15, 0.2) is 33.2 Å². The fourth-order valence-electron chi connectivity index (χ4n) is 5.65. The molecule has 0 radical (unpaired) electrons. The van der Waals surface area contributed by atoms with Crippen molar-refractivity contribution in [1.29, 1.82) is 0 Å². The van der Waals surface area contributed by atoms with Crippen molar-refractivity contribution < 1.29 is 61.9 Å². The fourth-order valence-corrected chi connectivity index (χ4v) is 6.42. The van der Waals surface area contributed by atoms with Crippen molar-refractivity contribution in [3.05, 3.63) is 38.8 Å². The summed E-state index contributed by atoms with van der Waals surface area (Å²) in [6.07, 6.45) is 1.62. The van der Waals surface area contributed by atoms with Crippen LogP contribution < -0.4 is 21.7 Å². The van der Waals surface area contributed by atoms with Gasteiger partial charge in [0.1, 0.15) is 8.96 Å². The van der Waals surface area contributed by atoms with Crippen LogP contribution in [0.3, 0.4) is 0 Å². The molecule has 0 saturated heterocycles. The van der Waals surface area contributed by atoms with Gasteiger partial charge in [0.15, 0.2) is 5.78 Å². The second kappa shape index (κ2) is 32.4. The predicted molar refractivity (Wildman–Crippen MR) is 233 cm³/mol. The molecule has 2 rings (SSSR count). The first-order chi connectivity index (χ1) is 29.3. The Hall–Kier alpha value is -3.34. The van der Waals surface area contributed by atoms with E-state index < -0.39 is 29.8 Å². The molecule has 6 amide bonds. The standard InChI is InChI=1S/C41H63Br2N5O13/c1-4-30-7-9-32(10-8-30)46-38(51)31(6-5-12-45-41(44)54)28-33(49)37(29(2)3)47-34(50)11-14-55-16-18-57-20-22-59-24-26-61-27-25-60-23-21-58-19-17-56-15-13-48-39(52)35(42)36(43)40(48)53/h7-10,29,31,37H,4-6,11-28H2,1-3H3,(H,46,51)(H,47,50)(H3,44,45,54)/t31-,37+/m1/s1. The average Bonchev–Trinajstić information content (AvgIpc) is 3.41. The van der Waals surface area contributed by atoms with E-state index in [0.717, 1.165) is 16.9 Å². The fraction of sp³-hybridized carbons (Fsp3) is 0.659. The molecular formula is C41H63Br2N5O13. The summed E-state index contributed by atoms with van der Waals surface area (Å²) in [5.41, 5.74) is 6.92. The summed E-state index contributed by atoms with van der Waals surface area (Å²) in [5.74, 6) is -2.57. The maximum absolute atomic E-state index is 13.5. The predicted octanol–water partition coefficient (Wildman–Crippen LogP) is 3.23. The van der Waals surface area contributed by atoms with Gasteiger partial charge >= 0.3 is 6.03 Å². The number of carbonyl (C=O) groups excluding carboxylic acids is 6. The Kier molecular flexibility index (Phi) is 28.5. The first-order valence-corrected chi connectivity index (χ1v) is 22.1. The number of imide groups is 1. The number of ether oxygens (including phenoxy) is 7. The zero-order valence-electron chi connectivity index (χ0n) is 35.5. The van der Waals surface area contributed by atoms with Crippen LogP contribution in [0, 0.1) is 11.8 Å². The third kappa shape index (κ3) is 23.1. The van der Waals surface area contributed by atoms with Crippen molar-refractivity contribution in [2.45, 2.75) is 58.9 Å². The Morgan fingerprint density at radius 2 is 1.16 bits per heavy atom. The number of rotatable bonds is 36. The molecule has 1 aromatic carbocycles. The summed E-state index contributed by atoms with van der Waals surface area (Å²) in [7, 11) is 0. The number of ketones is 1. The van der Waals surface area contributed by atoms with Gasteiger partial charge in [-0.25, -0.2) is 4.79 Å². The third-order valence-electron chi connectivity index (χ3n) is 9.03. The van der Waals surface area contributed by atoms with E-state index in [4.69, 9.17) is 38.9 Å². The van der Waals surface area contributed by atoms with E-state index in [0.29, 0.717) is 91.2 Å². The van der Waals surface area contributed by atoms with E-state index in [9.17, 15) is 28.8 Å². The number of nitrogens with one attached hydrogen (secondary N) is 3. The highest BCUT2D eigenvalue weighted by Crippen LogP contribution is 2.29. The van der Waals surface area contributed by atoms with Gasteiger partial charge in [0.05, 0.1) is 105 Å². The monoisotopic (exact) mass is 991 g/mol. The molecule has 1 aliphatic rings. The molecule has 0 unspecified atom stereocenters. The number of halogens is 2. The number of benzene rings is 1. The van der Waals surface area contributed by atoms with E-state index in [2.05, 4.69) is 47.8 Å². The summed E-state index contributed by atoms with van der Waals surface area (Å²) < 4.78 is 38.8. The molecule has 0 fully saturated rings. The molecule has 344 valence electrons. The zero-order chi connectivity index (χ0) is 44.8. The highest BCUT2D eigenvalue weighted by Gasteiger charge is 2.35. The second-order valence-electron chi connectivity index (χ2n) is 14.1. The van der Waals surface area contributed by atoms with E-state index in [1.807, 2.05) is 45.0 Å². The lowest BCUT2D eigenvalue weighted by atomic mass is 9.89. The summed E-state index contributed by atoms with van der Waals surface area (Å²) in [6, 6.07) is 6.06. The number of aryl methyl sites for hydroxylation is 1. The van der Waals surface area contributed by atoms with Gasteiger partial charge in [-0.3, -0.25) is 28.9 Å². The highest BCUT2D eigenvalue weighted by atomic mass is 79.9. The lowest BCUT2D eigenvalue weighted by molar-refractivity contribution is -0.138. The smallest absolute Gasteiger partial charge is 0.312 e. The summed E-state index contributed by atoms with van der Waals surface area (Å²) in [6.45, 7) is 11.0. The number of anilines is 1. The molecule has 0 bridgehead atoms. The SMILES string of the molecule is CCc1ccc(NC(=O)[C@H](CCCNC(N)=O)CC(=O)[C@@H](NC(=O)CCOCCOCCOCCOCCOCCOCCOCCN2C(=O)C(Br)=C(Br)C2=O)C(C)C)cc1. The quantitative estimate of drug-likeness (QED) is 0.0560. The van der Waals surface area contributed by atoms with Gasteiger partial charge in [-0.2, -0.15) is 0 Å². The molecule has 1 aromatic rings.